The van der Waals surface area contributed by atoms with Crippen LogP contribution in [0.15, 0.2) is 84.9 Å². The van der Waals surface area contributed by atoms with Crippen LogP contribution < -0.4 is 14.7 Å². The van der Waals surface area contributed by atoms with Crippen molar-refractivity contribution in [2.24, 2.45) is 5.92 Å². The molecule has 0 bridgehead atoms. The first-order chi connectivity index (χ1) is 15.7. The summed E-state index contributed by atoms with van der Waals surface area (Å²) in [6.45, 7) is 2.66. The van der Waals surface area contributed by atoms with Gasteiger partial charge in [0.15, 0.2) is 6.10 Å². The van der Waals surface area contributed by atoms with Gasteiger partial charge in [0.1, 0.15) is 11.7 Å². The molecule has 2 heterocycles. The molecule has 6 nitrogen and oxygen atoms in total. The Bertz CT molecular complexity index is 1100. The summed E-state index contributed by atoms with van der Waals surface area (Å²) < 4.78 is 5.62. The third-order valence-corrected chi connectivity index (χ3v) is 5.83. The lowest BCUT2D eigenvalue weighted by Gasteiger charge is -2.28. The number of anilines is 2. The average Bonchev–Trinajstić information content (AvgIpc) is 3.35. The Hall–Kier alpha value is -3.64. The van der Waals surface area contributed by atoms with Gasteiger partial charge in [0, 0.05) is 0 Å². The monoisotopic (exact) mass is 428 g/mol. The molecule has 0 unspecified atom stereocenters. The van der Waals surface area contributed by atoms with E-state index in [1.54, 1.807) is 29.3 Å². The summed E-state index contributed by atoms with van der Waals surface area (Å²) >= 11 is 0. The number of fused-ring (bicyclic) bond motifs is 1. The normalized spacial score (nSPS) is 22.3. The van der Waals surface area contributed by atoms with Crippen molar-refractivity contribution in [2.75, 3.05) is 16.6 Å². The van der Waals surface area contributed by atoms with Gasteiger partial charge in [0.05, 0.1) is 24.0 Å². The number of amides is 2. The molecule has 2 aliphatic heterocycles. The van der Waals surface area contributed by atoms with Gasteiger partial charge in [0.25, 0.3) is 5.91 Å². The predicted molar refractivity (Wildman–Crippen MR) is 121 cm³/mol. The molecule has 0 radical (unpaired) electrons. The first kappa shape index (κ1) is 20.3. The summed E-state index contributed by atoms with van der Waals surface area (Å²) in [4.78, 5) is 34.3. The number of benzene rings is 3. The number of carbonyl (C=O) groups is 2. The number of imide groups is 1. The molecular weight excluding hydrogens is 404 g/mol. The van der Waals surface area contributed by atoms with Gasteiger partial charge < -0.3 is 4.74 Å². The lowest BCUT2D eigenvalue weighted by molar-refractivity contribution is -0.126. The molecule has 5 rings (SSSR count). The molecule has 0 aliphatic carbocycles. The van der Waals surface area contributed by atoms with E-state index in [4.69, 9.17) is 9.57 Å². The molecule has 3 aromatic carbocycles. The van der Waals surface area contributed by atoms with E-state index in [1.165, 1.54) is 4.90 Å². The van der Waals surface area contributed by atoms with Gasteiger partial charge in [-0.2, -0.15) is 0 Å². The van der Waals surface area contributed by atoms with Gasteiger partial charge in [-0.1, -0.05) is 55.5 Å². The minimum Gasteiger partial charge on any atom is -0.494 e. The Kier molecular flexibility index (Phi) is 5.37. The Morgan fingerprint density at radius 1 is 0.812 bits per heavy atom. The molecule has 3 atom stereocenters. The van der Waals surface area contributed by atoms with Crippen LogP contribution in [-0.4, -0.2) is 24.5 Å². The standard InChI is InChI=1S/C26H24N2O4/c1-2-17-31-21-15-13-19(14-16-21)27-25(29)22-23(18-9-5-3-6-10-18)28(32-24(22)26(27)30)20-11-7-4-8-12-20/h3-16,22-24H,2,17H2,1H3/t22-,23+,24+/m1/s1. The highest BCUT2D eigenvalue weighted by Gasteiger charge is 2.60. The average molecular weight is 428 g/mol. The fourth-order valence-electron chi connectivity index (χ4n) is 4.37. The van der Waals surface area contributed by atoms with Gasteiger partial charge in [-0.25, -0.2) is 9.96 Å². The maximum absolute atomic E-state index is 13.6. The SMILES string of the molecule is CCCOc1ccc(N2C(=O)[C@H]3[C@H](ON(c4ccccc4)[C@H]3c3ccccc3)C2=O)cc1. The van der Waals surface area contributed by atoms with E-state index >= 15 is 0 Å². The van der Waals surface area contributed by atoms with Crippen LogP contribution in [0.2, 0.25) is 0 Å². The number of nitrogens with zero attached hydrogens (tertiary/aromatic N) is 2. The van der Waals surface area contributed by atoms with Crippen LogP contribution in [-0.2, 0) is 14.4 Å². The fraction of sp³-hybridized carbons (Fsp3) is 0.231. The fourth-order valence-corrected chi connectivity index (χ4v) is 4.37. The number of rotatable bonds is 6. The molecule has 3 aromatic rings. The number of hydrogen-bond acceptors (Lipinski definition) is 5. The largest absolute Gasteiger partial charge is 0.494 e. The van der Waals surface area contributed by atoms with Crippen LogP contribution in [0.4, 0.5) is 11.4 Å². The van der Waals surface area contributed by atoms with Gasteiger partial charge >= 0.3 is 0 Å². The third kappa shape index (κ3) is 3.42. The first-order valence-corrected chi connectivity index (χ1v) is 10.9. The quantitative estimate of drug-likeness (QED) is 0.540. The number of para-hydroxylation sites is 1. The zero-order valence-corrected chi connectivity index (χ0v) is 17.8. The minimum absolute atomic E-state index is 0.255. The topological polar surface area (TPSA) is 59.1 Å². The Morgan fingerprint density at radius 2 is 1.47 bits per heavy atom. The van der Waals surface area contributed by atoms with Crippen LogP contribution in [0.1, 0.15) is 24.9 Å². The summed E-state index contributed by atoms with van der Waals surface area (Å²) in [5, 5.41) is 1.71. The second-order valence-corrected chi connectivity index (χ2v) is 7.92. The Balaban J connectivity index is 1.49. The molecule has 0 N–H and O–H groups in total. The molecule has 2 amide bonds. The highest BCUT2D eigenvalue weighted by molar-refractivity contribution is 6.23. The maximum Gasteiger partial charge on any atom is 0.266 e. The number of carbonyl (C=O) groups excluding carboxylic acids is 2. The summed E-state index contributed by atoms with van der Waals surface area (Å²) in [6, 6.07) is 25.9. The van der Waals surface area contributed by atoms with Crippen molar-refractivity contribution in [3.63, 3.8) is 0 Å². The van der Waals surface area contributed by atoms with Crippen LogP contribution >= 0.6 is 0 Å². The molecule has 0 saturated carbocycles. The number of hydrogen-bond donors (Lipinski definition) is 0. The molecule has 0 spiro atoms. The number of hydroxylamine groups is 1. The molecule has 2 aliphatic rings. The zero-order chi connectivity index (χ0) is 22.1. The van der Waals surface area contributed by atoms with Crippen LogP contribution in [0.25, 0.3) is 0 Å². The van der Waals surface area contributed by atoms with Crippen molar-refractivity contribution in [3.8, 4) is 5.75 Å². The smallest absolute Gasteiger partial charge is 0.266 e. The second kappa shape index (κ2) is 8.48. The highest BCUT2D eigenvalue weighted by Crippen LogP contribution is 2.47. The van der Waals surface area contributed by atoms with Crippen LogP contribution in [0.5, 0.6) is 5.75 Å². The van der Waals surface area contributed by atoms with E-state index in [0.717, 1.165) is 17.7 Å². The summed E-state index contributed by atoms with van der Waals surface area (Å²) in [5.41, 5.74) is 2.26. The van der Waals surface area contributed by atoms with Gasteiger partial charge in [-0.3, -0.25) is 14.4 Å². The Morgan fingerprint density at radius 3 is 2.12 bits per heavy atom. The van der Waals surface area contributed by atoms with Crippen molar-refractivity contribution in [1.29, 1.82) is 0 Å². The molecule has 2 saturated heterocycles. The van der Waals surface area contributed by atoms with Crippen molar-refractivity contribution < 1.29 is 19.2 Å². The van der Waals surface area contributed by atoms with Crippen LogP contribution in [0, 0.1) is 5.92 Å². The van der Waals surface area contributed by atoms with E-state index in [-0.39, 0.29) is 11.8 Å². The molecule has 2 fully saturated rings. The second-order valence-electron chi connectivity index (χ2n) is 7.92. The maximum atomic E-state index is 13.6. The Labute approximate surface area is 186 Å². The van der Waals surface area contributed by atoms with Gasteiger partial charge in [-0.15, -0.1) is 0 Å². The zero-order valence-electron chi connectivity index (χ0n) is 17.8. The lowest BCUT2D eigenvalue weighted by atomic mass is 9.90. The molecule has 0 aromatic heterocycles. The first-order valence-electron chi connectivity index (χ1n) is 10.9. The van der Waals surface area contributed by atoms with E-state index in [0.29, 0.717) is 18.0 Å². The van der Waals surface area contributed by atoms with Gasteiger partial charge in [0.2, 0.25) is 5.91 Å². The summed E-state index contributed by atoms with van der Waals surface area (Å²) in [5.74, 6) is -0.527. The van der Waals surface area contributed by atoms with E-state index in [9.17, 15) is 9.59 Å². The van der Waals surface area contributed by atoms with Gasteiger partial charge in [-0.05, 0) is 48.4 Å². The van der Waals surface area contributed by atoms with E-state index in [1.807, 2.05) is 67.6 Å². The van der Waals surface area contributed by atoms with E-state index in [2.05, 4.69) is 0 Å². The lowest BCUT2D eigenvalue weighted by Crippen LogP contribution is -2.37. The summed E-state index contributed by atoms with van der Waals surface area (Å²) in [6.07, 6.45) is 0.0357. The molecule has 32 heavy (non-hydrogen) atoms. The molecule has 162 valence electrons. The van der Waals surface area contributed by atoms with Crippen LogP contribution in [0.3, 0.4) is 0 Å². The molecule has 6 heteroatoms. The van der Waals surface area contributed by atoms with Crippen molar-refractivity contribution in [2.45, 2.75) is 25.5 Å². The van der Waals surface area contributed by atoms with E-state index < -0.39 is 18.1 Å². The third-order valence-electron chi connectivity index (χ3n) is 5.83. The summed E-state index contributed by atoms with van der Waals surface area (Å²) in [7, 11) is 0. The van der Waals surface area contributed by atoms with Crippen molar-refractivity contribution in [1.82, 2.24) is 0 Å². The highest BCUT2D eigenvalue weighted by atomic mass is 16.7. The van der Waals surface area contributed by atoms with Crippen molar-refractivity contribution >= 4 is 23.2 Å². The molecular formula is C26H24N2O4. The minimum atomic E-state index is -0.871. The predicted octanol–water partition coefficient (Wildman–Crippen LogP) is 4.53. The van der Waals surface area contributed by atoms with Crippen molar-refractivity contribution in [3.05, 3.63) is 90.5 Å². The number of ether oxygens (including phenoxy) is 1.